The molecular weight excluding hydrogens is 672 g/mol. The Hall–Kier alpha value is -5.14. The molecule has 0 unspecified atom stereocenters. The number of aryl methyl sites for hydroxylation is 1. The molecule has 0 N–H and O–H groups in total. The summed E-state index contributed by atoms with van der Waals surface area (Å²) >= 11 is 3.80. The van der Waals surface area contributed by atoms with Crippen molar-refractivity contribution in [2.45, 2.75) is 20.0 Å². The van der Waals surface area contributed by atoms with Crippen LogP contribution in [0, 0.1) is 6.92 Å². The lowest BCUT2D eigenvalue weighted by Gasteiger charge is -2.50. The molecule has 0 aliphatic carbocycles. The summed E-state index contributed by atoms with van der Waals surface area (Å²) in [6.07, 6.45) is 0. The third-order valence-electron chi connectivity index (χ3n) is 11.9. The minimum atomic E-state index is -2.06. The molecule has 2 nitrogen and oxygen atoms in total. The number of hydrogen-bond acceptors (Lipinski definition) is 4. The minimum Gasteiger partial charge on any atom is -0.311 e. The molecule has 3 aliphatic rings. The summed E-state index contributed by atoms with van der Waals surface area (Å²) in [6, 6.07) is 51.2. The summed E-state index contributed by atoms with van der Waals surface area (Å²) in [5.74, 6) is 0. The summed E-state index contributed by atoms with van der Waals surface area (Å²) in [6.45, 7) is 7.60. The van der Waals surface area contributed by atoms with Crippen LogP contribution in [0.2, 0.25) is 13.1 Å². The minimum absolute atomic E-state index is 0.196. The largest absolute Gasteiger partial charge is 0.311 e. The molecule has 9 aromatic rings. The molecule has 0 atom stereocenters. The van der Waals surface area contributed by atoms with Gasteiger partial charge < -0.3 is 9.80 Å². The molecule has 12 rings (SSSR count). The first kappa shape index (κ1) is 28.5. The van der Waals surface area contributed by atoms with E-state index in [1.165, 1.54) is 96.4 Å². The quantitative estimate of drug-likeness (QED) is 0.166. The number of hydrogen-bond donors (Lipinski definition) is 0. The van der Waals surface area contributed by atoms with Crippen molar-refractivity contribution in [3.05, 3.63) is 139 Å². The maximum absolute atomic E-state index is 2.60. The number of benzene rings is 7. The van der Waals surface area contributed by atoms with Crippen LogP contribution < -0.4 is 36.6 Å². The van der Waals surface area contributed by atoms with Crippen LogP contribution in [-0.4, -0.2) is 14.8 Å². The monoisotopic (exact) mass is 702 g/mol. The highest BCUT2D eigenvalue weighted by molar-refractivity contribution is 7.26. The predicted molar refractivity (Wildman–Crippen MR) is 228 cm³/mol. The Kier molecular flexibility index (Phi) is 5.48. The second-order valence-corrected chi connectivity index (χ2v) is 21.5. The number of fused-ring (bicyclic) bond motifs is 6. The van der Waals surface area contributed by atoms with E-state index in [9.17, 15) is 0 Å². The van der Waals surface area contributed by atoms with Gasteiger partial charge in [0.15, 0.2) is 0 Å². The van der Waals surface area contributed by atoms with E-state index in [1.807, 2.05) is 22.7 Å². The summed E-state index contributed by atoms with van der Waals surface area (Å²) in [5, 5.41) is 8.50. The van der Waals surface area contributed by atoms with E-state index >= 15 is 0 Å². The van der Waals surface area contributed by atoms with Crippen LogP contribution in [0.15, 0.2) is 133 Å². The van der Waals surface area contributed by atoms with Gasteiger partial charge in [-0.1, -0.05) is 96.3 Å². The lowest BCUT2D eigenvalue weighted by Crippen LogP contribution is -2.79. The van der Waals surface area contributed by atoms with Crippen molar-refractivity contribution in [3.63, 3.8) is 0 Å². The van der Waals surface area contributed by atoms with Crippen molar-refractivity contribution >= 4 is 139 Å². The van der Waals surface area contributed by atoms with E-state index in [1.54, 1.807) is 10.4 Å². The van der Waals surface area contributed by atoms with Crippen LogP contribution in [0.3, 0.4) is 0 Å². The van der Waals surface area contributed by atoms with Gasteiger partial charge in [0.05, 0.1) is 0 Å². The third-order valence-corrected chi connectivity index (χ3v) is 17.7. The van der Waals surface area contributed by atoms with Crippen molar-refractivity contribution in [2.75, 3.05) is 9.80 Å². The van der Waals surface area contributed by atoms with Crippen molar-refractivity contribution in [1.82, 2.24) is 0 Å². The molecule has 0 spiro atoms. The molecular formula is C45H31BN2S2Si. The lowest BCUT2D eigenvalue weighted by molar-refractivity contribution is 1.24. The molecule has 2 aromatic heterocycles. The average Bonchev–Trinajstić information content (AvgIpc) is 3.71. The van der Waals surface area contributed by atoms with E-state index in [0.717, 1.165) is 0 Å². The molecule has 0 fully saturated rings. The standard InChI is InChI=1S/C45H31BN2S2Si/c1-26-22-35-43-36(23-26)48(28-19-21-32-30-11-5-7-15-38(30)50-40(32)25-28)34-13-9-17-42-45(34)46(43)44-33(12-8-16-41(44)51(42,2)3)47(35)27-18-20-31-29-10-4-6-14-37(29)49-39(31)24-27/h4-25H,1-3H3. The average molecular weight is 703 g/mol. The fourth-order valence-electron chi connectivity index (χ4n) is 9.72. The topological polar surface area (TPSA) is 6.48 Å². The van der Waals surface area contributed by atoms with Gasteiger partial charge >= 0.3 is 0 Å². The third kappa shape index (κ3) is 3.62. The smallest absolute Gasteiger partial charge is 0.251 e. The highest BCUT2D eigenvalue weighted by atomic mass is 32.1. The zero-order valence-electron chi connectivity index (χ0n) is 28.5. The summed E-state index contributed by atoms with van der Waals surface area (Å²) in [4.78, 5) is 5.20. The van der Waals surface area contributed by atoms with Crippen LogP contribution in [0.5, 0.6) is 0 Å². The number of nitrogens with zero attached hydrogens (tertiary/aromatic N) is 2. The molecule has 7 aromatic carbocycles. The fraction of sp³-hybridized carbons (Fsp3) is 0.0667. The van der Waals surface area contributed by atoms with E-state index < -0.39 is 8.07 Å². The Bertz CT molecular complexity index is 2810. The molecule has 5 heterocycles. The van der Waals surface area contributed by atoms with E-state index in [4.69, 9.17) is 0 Å². The molecule has 6 heteroatoms. The van der Waals surface area contributed by atoms with Gasteiger partial charge in [-0.15, -0.1) is 22.7 Å². The van der Waals surface area contributed by atoms with E-state index in [-0.39, 0.29) is 6.71 Å². The first-order chi connectivity index (χ1) is 25.0. The molecule has 0 saturated heterocycles. The number of anilines is 6. The van der Waals surface area contributed by atoms with E-state index in [0.29, 0.717) is 0 Å². The number of rotatable bonds is 2. The predicted octanol–water partition coefficient (Wildman–Crippen LogP) is 9.95. The Morgan fingerprint density at radius 3 is 1.43 bits per heavy atom. The van der Waals surface area contributed by atoms with Crippen LogP contribution in [0.25, 0.3) is 40.3 Å². The maximum atomic E-state index is 2.60. The van der Waals surface area contributed by atoms with Crippen LogP contribution in [0.4, 0.5) is 34.1 Å². The molecule has 0 radical (unpaired) electrons. The Morgan fingerprint density at radius 2 is 0.922 bits per heavy atom. The van der Waals surface area contributed by atoms with Crippen LogP contribution in [0.1, 0.15) is 5.56 Å². The zero-order valence-corrected chi connectivity index (χ0v) is 31.1. The molecule has 0 amide bonds. The van der Waals surface area contributed by atoms with Gasteiger partial charge in [-0.05, 0) is 89.5 Å². The van der Waals surface area contributed by atoms with Crippen molar-refractivity contribution < 1.29 is 0 Å². The van der Waals surface area contributed by atoms with Crippen LogP contribution >= 0.6 is 22.7 Å². The first-order valence-corrected chi connectivity index (χ1v) is 22.4. The van der Waals surface area contributed by atoms with Gasteiger partial charge in [0.25, 0.3) is 6.71 Å². The zero-order chi connectivity index (χ0) is 33.7. The van der Waals surface area contributed by atoms with Gasteiger partial charge in [0.1, 0.15) is 8.07 Å². The summed E-state index contributed by atoms with van der Waals surface area (Å²) < 4.78 is 5.36. The Morgan fingerprint density at radius 1 is 0.451 bits per heavy atom. The van der Waals surface area contributed by atoms with Crippen molar-refractivity contribution in [2.24, 2.45) is 0 Å². The van der Waals surface area contributed by atoms with Gasteiger partial charge in [0.2, 0.25) is 0 Å². The molecule has 0 saturated carbocycles. The van der Waals surface area contributed by atoms with Gasteiger partial charge in [-0.25, -0.2) is 0 Å². The lowest BCUT2D eigenvalue weighted by atomic mass is 9.33. The summed E-state index contributed by atoms with van der Waals surface area (Å²) in [5.41, 5.74) is 13.5. The second-order valence-electron chi connectivity index (χ2n) is 15.0. The molecule has 240 valence electrons. The second kappa shape index (κ2) is 9.80. The van der Waals surface area contributed by atoms with Crippen molar-refractivity contribution in [1.29, 1.82) is 0 Å². The highest BCUT2D eigenvalue weighted by Gasteiger charge is 2.51. The molecule has 3 aliphatic heterocycles. The van der Waals surface area contributed by atoms with Gasteiger partial charge in [0, 0.05) is 74.5 Å². The molecule has 0 bridgehead atoms. The van der Waals surface area contributed by atoms with Gasteiger partial charge in [-0.2, -0.15) is 0 Å². The van der Waals surface area contributed by atoms with Crippen LogP contribution in [-0.2, 0) is 0 Å². The number of thiophene rings is 2. The first-order valence-electron chi connectivity index (χ1n) is 17.8. The maximum Gasteiger partial charge on any atom is 0.251 e. The fourth-order valence-corrected chi connectivity index (χ4v) is 15.2. The van der Waals surface area contributed by atoms with E-state index in [2.05, 4.69) is 163 Å². The normalized spacial score (nSPS) is 15.0. The Balaban J connectivity index is 1.17. The molecule has 51 heavy (non-hydrogen) atoms. The SMILES string of the molecule is Cc1cc2c3c(c1)N(c1ccc4c(c1)sc1ccccc14)c1cccc4c1B3c1c(cccc1[Si]4(C)C)N2c1ccc2c(c1)sc1ccccc12. The van der Waals surface area contributed by atoms with Crippen molar-refractivity contribution in [3.8, 4) is 0 Å². The summed E-state index contributed by atoms with van der Waals surface area (Å²) in [7, 11) is -2.06. The highest BCUT2D eigenvalue weighted by Crippen LogP contribution is 2.47. The van der Waals surface area contributed by atoms with Gasteiger partial charge in [-0.3, -0.25) is 0 Å². The Labute approximate surface area is 305 Å².